The molecule has 1 saturated heterocycles. The summed E-state index contributed by atoms with van der Waals surface area (Å²) in [5.41, 5.74) is 18.6. The summed E-state index contributed by atoms with van der Waals surface area (Å²) < 4.78 is 7.81. The van der Waals surface area contributed by atoms with Crippen LogP contribution < -0.4 is 17.2 Å². The number of carbonyl (C=O) groups is 2. The number of halogens is 2. The van der Waals surface area contributed by atoms with Gasteiger partial charge in [-0.1, -0.05) is 56.1 Å². The number of aliphatic carboxylic acids is 1. The van der Waals surface area contributed by atoms with Crippen molar-refractivity contribution in [3.8, 4) is 0 Å². The molecule has 0 saturated carbocycles. The van der Waals surface area contributed by atoms with Gasteiger partial charge in [-0.05, 0) is 72.7 Å². The summed E-state index contributed by atoms with van der Waals surface area (Å²) in [6, 6.07) is 13.5. The summed E-state index contributed by atoms with van der Waals surface area (Å²) in [6.07, 6.45) is 8.45. The van der Waals surface area contributed by atoms with Crippen molar-refractivity contribution in [2.75, 3.05) is 13.2 Å². The first-order valence-electron chi connectivity index (χ1n) is 11.8. The number of nitrogens with two attached hydrogens (primary N) is 3. The van der Waals surface area contributed by atoms with Crippen molar-refractivity contribution in [2.24, 2.45) is 17.2 Å². The van der Waals surface area contributed by atoms with Gasteiger partial charge in [-0.15, -0.1) is 11.3 Å². The third kappa shape index (κ3) is 10.6. The molecule has 2 heterocycles. The Hall–Kier alpha value is -2.96. The van der Waals surface area contributed by atoms with Crippen molar-refractivity contribution in [3.05, 3.63) is 97.5 Å². The van der Waals surface area contributed by atoms with E-state index < -0.39 is 11.9 Å². The molecule has 2 aliphatic rings. The highest BCUT2D eigenvalue weighted by molar-refractivity contribution is 9.10. The first-order chi connectivity index (χ1) is 18.5. The minimum Gasteiger partial charge on any atom is -0.478 e. The van der Waals surface area contributed by atoms with Gasteiger partial charge in [-0.3, -0.25) is 0 Å². The van der Waals surface area contributed by atoms with Crippen molar-refractivity contribution in [3.63, 3.8) is 0 Å². The van der Waals surface area contributed by atoms with Crippen LogP contribution in [-0.4, -0.2) is 41.4 Å². The van der Waals surface area contributed by atoms with Crippen LogP contribution in [0.3, 0.4) is 0 Å². The molecule has 11 heteroatoms. The summed E-state index contributed by atoms with van der Waals surface area (Å²) in [4.78, 5) is 21.8. The quantitative estimate of drug-likeness (QED) is 0.214. The SMILES string of the molecule is C/C=C\C(N)=C/N.NC1CCOC1.O=C(O)C1=CCc2ccc(Br)cc21.O=C(O)c1cc2ccc(Br)cc2s1. The maximum Gasteiger partial charge on any atom is 0.345 e. The lowest BCUT2D eigenvalue weighted by atomic mass is 10.1. The van der Waals surface area contributed by atoms with Gasteiger partial charge in [0.15, 0.2) is 0 Å². The molecule has 208 valence electrons. The van der Waals surface area contributed by atoms with Gasteiger partial charge in [0.25, 0.3) is 0 Å². The van der Waals surface area contributed by atoms with E-state index in [2.05, 4.69) is 31.9 Å². The van der Waals surface area contributed by atoms with Crippen LogP contribution in [0, 0.1) is 0 Å². The first-order valence-corrected chi connectivity index (χ1v) is 14.2. The number of hydrogen-bond donors (Lipinski definition) is 5. The van der Waals surface area contributed by atoms with E-state index >= 15 is 0 Å². The lowest BCUT2D eigenvalue weighted by Crippen LogP contribution is -2.18. The molecule has 0 amide bonds. The van der Waals surface area contributed by atoms with Gasteiger partial charge < -0.3 is 32.2 Å². The van der Waals surface area contributed by atoms with E-state index in [1.165, 1.54) is 17.5 Å². The Morgan fingerprint density at radius 2 is 1.77 bits per heavy atom. The molecule has 5 rings (SSSR count). The number of aromatic carboxylic acids is 1. The second-order valence-electron chi connectivity index (χ2n) is 8.32. The monoisotopic (exact) mass is 679 g/mol. The molecule has 1 fully saturated rings. The zero-order chi connectivity index (χ0) is 28.9. The molecule has 2 aromatic carbocycles. The normalized spacial score (nSPS) is 15.7. The van der Waals surface area contributed by atoms with Crippen LogP contribution >= 0.6 is 43.2 Å². The van der Waals surface area contributed by atoms with Crippen molar-refractivity contribution in [2.45, 2.75) is 25.8 Å². The Balaban J connectivity index is 0.000000193. The lowest BCUT2D eigenvalue weighted by molar-refractivity contribution is -0.130. The minimum absolute atomic E-state index is 0.324. The Labute approximate surface area is 248 Å². The smallest absolute Gasteiger partial charge is 0.345 e. The van der Waals surface area contributed by atoms with Gasteiger partial charge in [0.2, 0.25) is 0 Å². The van der Waals surface area contributed by atoms with E-state index in [1.807, 2.05) is 49.4 Å². The highest BCUT2D eigenvalue weighted by Gasteiger charge is 2.19. The summed E-state index contributed by atoms with van der Waals surface area (Å²) in [6.45, 7) is 3.51. The van der Waals surface area contributed by atoms with Gasteiger partial charge in [0, 0.05) is 38.2 Å². The molecule has 8 nitrogen and oxygen atoms in total. The summed E-state index contributed by atoms with van der Waals surface area (Å²) in [5, 5.41) is 18.6. The third-order valence-corrected chi connectivity index (χ3v) is 7.40. The molecule has 0 radical (unpaired) electrons. The second-order valence-corrected chi connectivity index (χ2v) is 11.2. The summed E-state index contributed by atoms with van der Waals surface area (Å²) >= 11 is 7.95. The summed E-state index contributed by atoms with van der Waals surface area (Å²) in [5.74, 6) is -1.71. The zero-order valence-corrected chi connectivity index (χ0v) is 25.3. The van der Waals surface area contributed by atoms with Gasteiger partial charge in [0.1, 0.15) is 4.88 Å². The van der Waals surface area contributed by atoms with E-state index in [4.69, 9.17) is 32.2 Å². The number of carboxylic acid groups (broad SMARTS) is 2. The topological polar surface area (TPSA) is 162 Å². The van der Waals surface area contributed by atoms with Crippen LogP contribution in [0.4, 0.5) is 0 Å². The zero-order valence-electron chi connectivity index (χ0n) is 21.3. The number of carboxylic acids is 2. The largest absolute Gasteiger partial charge is 0.478 e. The standard InChI is InChI=1S/C10H7BrO2.C9H5BrO2S.C5H10N2.C4H9NO/c11-7-3-1-6-2-4-8(10(12)13)9(6)5-7;10-6-2-1-5-3-8(9(11)12)13-7(5)4-6;1-2-3-5(7)4-6;5-4-1-2-6-3-4/h1,3-5H,2H2,(H,12,13);1-4H,(H,11,12);2-4H,6-7H2,1H3;4H,1-3,5H2/b;;3-2-,5-4+;. The Kier molecular flexibility index (Phi) is 13.4. The predicted molar refractivity (Wildman–Crippen MR) is 165 cm³/mol. The molecule has 0 bridgehead atoms. The van der Waals surface area contributed by atoms with E-state index in [9.17, 15) is 9.59 Å². The fourth-order valence-corrected chi connectivity index (χ4v) is 5.23. The Morgan fingerprint density at radius 3 is 2.28 bits per heavy atom. The average Bonchev–Trinajstić information content (AvgIpc) is 3.64. The number of benzene rings is 2. The van der Waals surface area contributed by atoms with E-state index in [-0.39, 0.29) is 0 Å². The maximum atomic E-state index is 10.8. The number of fused-ring (bicyclic) bond motifs is 2. The highest BCUT2D eigenvalue weighted by atomic mass is 79.9. The summed E-state index contributed by atoms with van der Waals surface area (Å²) in [7, 11) is 0. The fraction of sp³-hybridized carbons (Fsp3) is 0.214. The molecule has 39 heavy (non-hydrogen) atoms. The van der Waals surface area contributed by atoms with Crippen molar-refractivity contribution < 1.29 is 24.5 Å². The van der Waals surface area contributed by atoms with E-state index in [1.54, 1.807) is 18.2 Å². The van der Waals surface area contributed by atoms with Crippen LogP contribution in [0.2, 0.25) is 0 Å². The fourth-order valence-electron chi connectivity index (χ4n) is 3.41. The van der Waals surface area contributed by atoms with Crippen LogP contribution in [-0.2, 0) is 16.0 Å². The van der Waals surface area contributed by atoms with Crippen molar-refractivity contribution >= 4 is 70.8 Å². The molecule has 1 unspecified atom stereocenters. The van der Waals surface area contributed by atoms with Crippen LogP contribution in [0.25, 0.3) is 15.7 Å². The van der Waals surface area contributed by atoms with Gasteiger partial charge in [0.05, 0.1) is 12.2 Å². The van der Waals surface area contributed by atoms with Crippen molar-refractivity contribution in [1.29, 1.82) is 0 Å². The number of allylic oxidation sites excluding steroid dienone is 3. The molecule has 1 atom stereocenters. The van der Waals surface area contributed by atoms with Crippen LogP contribution in [0.1, 0.15) is 34.1 Å². The number of hydrogen-bond acceptors (Lipinski definition) is 7. The predicted octanol–water partition coefficient (Wildman–Crippen LogP) is 5.89. The average molecular weight is 681 g/mol. The molecule has 3 aromatic rings. The molecule has 1 aromatic heterocycles. The highest BCUT2D eigenvalue weighted by Crippen LogP contribution is 2.30. The molecule has 1 aliphatic carbocycles. The number of rotatable bonds is 3. The van der Waals surface area contributed by atoms with Crippen LogP contribution in [0.15, 0.2) is 81.5 Å². The molecular formula is C28H31Br2N3O5S. The van der Waals surface area contributed by atoms with E-state index in [0.29, 0.717) is 22.2 Å². The molecule has 0 spiro atoms. The number of thiophene rings is 1. The van der Waals surface area contributed by atoms with Gasteiger partial charge >= 0.3 is 11.9 Å². The third-order valence-electron chi connectivity index (χ3n) is 5.33. The molecule has 1 aliphatic heterocycles. The van der Waals surface area contributed by atoms with Gasteiger partial charge in [-0.2, -0.15) is 0 Å². The second kappa shape index (κ2) is 16.2. The van der Waals surface area contributed by atoms with E-state index in [0.717, 1.165) is 56.2 Å². The molecular weight excluding hydrogens is 650 g/mol. The Morgan fingerprint density at radius 1 is 1.08 bits per heavy atom. The minimum atomic E-state index is -0.864. The van der Waals surface area contributed by atoms with Crippen LogP contribution in [0.5, 0.6) is 0 Å². The number of ether oxygens (including phenoxy) is 1. The Bertz CT molecular complexity index is 1380. The molecule has 8 N–H and O–H groups in total. The van der Waals surface area contributed by atoms with Crippen molar-refractivity contribution in [1.82, 2.24) is 0 Å². The maximum absolute atomic E-state index is 10.8. The first kappa shape index (κ1) is 32.3. The van der Waals surface area contributed by atoms with Gasteiger partial charge in [-0.25, -0.2) is 9.59 Å². The lowest BCUT2D eigenvalue weighted by Gasteiger charge is -2.01.